The lowest BCUT2D eigenvalue weighted by molar-refractivity contribution is -0.121. The van der Waals surface area contributed by atoms with Crippen molar-refractivity contribution in [2.75, 3.05) is 23.8 Å². The number of carbonyl (C=O) groups is 2. The molecular formula is C17H21N5O3. The first-order chi connectivity index (χ1) is 12.1. The summed E-state index contributed by atoms with van der Waals surface area (Å²) in [5.74, 6) is 0.701. The Morgan fingerprint density at radius 1 is 1.44 bits per heavy atom. The molecule has 8 nitrogen and oxygen atoms in total. The maximum Gasteiger partial charge on any atom is 0.244 e. The molecule has 2 amide bonds. The smallest absolute Gasteiger partial charge is 0.244 e. The topological polar surface area (TPSA) is 100 Å². The molecule has 8 heteroatoms. The lowest BCUT2D eigenvalue weighted by Crippen LogP contribution is -2.42. The Kier molecular flexibility index (Phi) is 5.08. The zero-order valence-corrected chi connectivity index (χ0v) is 14.3. The number of fused-ring (bicyclic) bond motifs is 1. The van der Waals surface area contributed by atoms with Gasteiger partial charge in [0.2, 0.25) is 17.7 Å². The van der Waals surface area contributed by atoms with Gasteiger partial charge in [0, 0.05) is 25.3 Å². The molecule has 1 aliphatic rings. The number of hydrogen-bond acceptors (Lipinski definition) is 6. The quantitative estimate of drug-likeness (QED) is 0.816. The maximum atomic E-state index is 12.6. The molecule has 0 saturated carbocycles. The van der Waals surface area contributed by atoms with E-state index in [1.807, 2.05) is 32.2 Å². The van der Waals surface area contributed by atoms with Gasteiger partial charge in [0.05, 0.1) is 11.4 Å². The summed E-state index contributed by atoms with van der Waals surface area (Å²) in [5, 5.41) is 9.80. The van der Waals surface area contributed by atoms with E-state index >= 15 is 0 Å². The molecule has 1 aromatic heterocycles. The second-order valence-corrected chi connectivity index (χ2v) is 6.04. The fraction of sp³-hybridized carbons (Fsp3) is 0.412. The van der Waals surface area contributed by atoms with Gasteiger partial charge in [-0.3, -0.25) is 9.59 Å². The number of likely N-dealkylation sites (N-methyl/N-ethyl adjacent to an activating group) is 1. The number of amides is 2. The van der Waals surface area contributed by atoms with Crippen LogP contribution in [0.15, 0.2) is 28.8 Å². The Morgan fingerprint density at radius 3 is 3.04 bits per heavy atom. The highest BCUT2D eigenvalue weighted by molar-refractivity contribution is 6.09. The molecule has 1 atom stereocenters. The summed E-state index contributed by atoms with van der Waals surface area (Å²) >= 11 is 0. The zero-order chi connectivity index (χ0) is 17.8. The fourth-order valence-electron chi connectivity index (χ4n) is 2.66. The highest BCUT2D eigenvalue weighted by atomic mass is 16.5. The first-order valence-corrected chi connectivity index (χ1v) is 8.25. The van der Waals surface area contributed by atoms with Crippen LogP contribution < -0.4 is 15.5 Å². The van der Waals surface area contributed by atoms with Crippen molar-refractivity contribution in [3.63, 3.8) is 0 Å². The predicted molar refractivity (Wildman–Crippen MR) is 92.3 cm³/mol. The number of aromatic nitrogens is 2. The second kappa shape index (κ2) is 7.43. The number of benzene rings is 1. The van der Waals surface area contributed by atoms with Gasteiger partial charge in [-0.1, -0.05) is 17.3 Å². The molecule has 0 fully saturated rings. The van der Waals surface area contributed by atoms with Gasteiger partial charge in [-0.15, -0.1) is 0 Å². The highest BCUT2D eigenvalue weighted by Crippen LogP contribution is 2.29. The lowest BCUT2D eigenvalue weighted by Gasteiger charge is -2.29. The van der Waals surface area contributed by atoms with Gasteiger partial charge in [-0.05, 0) is 26.1 Å². The van der Waals surface area contributed by atoms with E-state index in [2.05, 4.69) is 20.8 Å². The summed E-state index contributed by atoms with van der Waals surface area (Å²) < 4.78 is 5.20. The van der Waals surface area contributed by atoms with Crippen LogP contribution in [0.3, 0.4) is 0 Å². The largest absolute Gasteiger partial charge is 0.339 e. The van der Waals surface area contributed by atoms with Crippen LogP contribution in [-0.4, -0.2) is 41.6 Å². The Bertz CT molecular complexity index is 773. The second-order valence-electron chi connectivity index (χ2n) is 6.04. The average molecular weight is 343 g/mol. The Morgan fingerprint density at radius 2 is 2.24 bits per heavy atom. The van der Waals surface area contributed by atoms with Gasteiger partial charge in [0.1, 0.15) is 6.54 Å². The summed E-state index contributed by atoms with van der Waals surface area (Å²) in [4.78, 5) is 30.2. The van der Waals surface area contributed by atoms with Gasteiger partial charge in [0.15, 0.2) is 5.82 Å². The average Bonchev–Trinajstić information content (AvgIpc) is 3.06. The molecule has 0 radical (unpaired) electrons. The lowest BCUT2D eigenvalue weighted by atomic mass is 10.1. The summed E-state index contributed by atoms with van der Waals surface area (Å²) in [7, 11) is 1.87. The molecule has 0 aliphatic carbocycles. The Balaban J connectivity index is 1.62. The molecule has 2 heterocycles. The van der Waals surface area contributed by atoms with Gasteiger partial charge >= 0.3 is 0 Å². The van der Waals surface area contributed by atoms with Crippen LogP contribution in [0.2, 0.25) is 0 Å². The van der Waals surface area contributed by atoms with E-state index in [0.29, 0.717) is 35.9 Å². The molecule has 2 aromatic rings. The molecule has 132 valence electrons. The number of nitrogens with one attached hydrogen (secondary N) is 2. The summed E-state index contributed by atoms with van der Waals surface area (Å²) in [6, 6.07) is 7.50. The van der Waals surface area contributed by atoms with Crippen molar-refractivity contribution in [1.29, 1.82) is 0 Å². The maximum absolute atomic E-state index is 12.6. The van der Waals surface area contributed by atoms with Crippen molar-refractivity contribution in [1.82, 2.24) is 15.5 Å². The molecular weight excluding hydrogens is 322 g/mol. The van der Waals surface area contributed by atoms with Crippen molar-refractivity contribution in [2.45, 2.75) is 32.2 Å². The molecule has 1 aromatic carbocycles. The van der Waals surface area contributed by atoms with Crippen LogP contribution >= 0.6 is 0 Å². The van der Waals surface area contributed by atoms with Crippen LogP contribution in [0.5, 0.6) is 0 Å². The first-order valence-electron chi connectivity index (χ1n) is 8.25. The monoisotopic (exact) mass is 343 g/mol. The number of anilines is 2. The van der Waals surface area contributed by atoms with Crippen LogP contribution in [0.1, 0.15) is 25.1 Å². The number of carbonyl (C=O) groups excluding carboxylic acids is 2. The molecule has 1 unspecified atom stereocenters. The molecule has 1 aliphatic heterocycles. The van der Waals surface area contributed by atoms with E-state index < -0.39 is 0 Å². The molecule has 0 bridgehead atoms. The fourth-order valence-corrected chi connectivity index (χ4v) is 2.66. The van der Waals surface area contributed by atoms with Crippen molar-refractivity contribution in [3.05, 3.63) is 36.0 Å². The van der Waals surface area contributed by atoms with Crippen molar-refractivity contribution >= 4 is 23.2 Å². The number of nitrogens with zero attached hydrogens (tertiary/aromatic N) is 3. The third-order valence-corrected chi connectivity index (χ3v) is 4.12. The normalized spacial score (nSPS) is 14.8. The molecule has 0 saturated heterocycles. The van der Waals surface area contributed by atoms with Gasteiger partial charge in [-0.2, -0.15) is 4.98 Å². The van der Waals surface area contributed by atoms with Crippen LogP contribution in [0.4, 0.5) is 11.4 Å². The third kappa shape index (κ3) is 4.03. The van der Waals surface area contributed by atoms with Crippen molar-refractivity contribution in [3.8, 4) is 0 Å². The van der Waals surface area contributed by atoms with Gasteiger partial charge < -0.3 is 20.1 Å². The zero-order valence-electron chi connectivity index (χ0n) is 14.3. The van der Waals surface area contributed by atoms with Crippen LogP contribution in [-0.2, 0) is 22.4 Å². The summed E-state index contributed by atoms with van der Waals surface area (Å²) in [6.45, 7) is 2.04. The Hall–Kier alpha value is -2.74. The van der Waals surface area contributed by atoms with E-state index in [1.165, 1.54) is 4.90 Å². The molecule has 25 heavy (non-hydrogen) atoms. The number of para-hydroxylation sites is 2. The first kappa shape index (κ1) is 17.1. The Labute approximate surface area is 145 Å². The van der Waals surface area contributed by atoms with E-state index in [4.69, 9.17) is 4.52 Å². The molecule has 0 spiro atoms. The third-order valence-electron chi connectivity index (χ3n) is 4.12. The SMILES string of the molecule is CNC(C)Cc1noc(CCC(=O)N2CC(=O)Nc3ccccc32)n1. The van der Waals surface area contributed by atoms with Crippen LogP contribution in [0, 0.1) is 0 Å². The molecule has 2 N–H and O–H groups in total. The minimum absolute atomic E-state index is 0.0185. The number of aryl methyl sites for hydroxylation is 1. The van der Waals surface area contributed by atoms with Crippen molar-refractivity contribution in [2.24, 2.45) is 0 Å². The van der Waals surface area contributed by atoms with Gasteiger partial charge in [-0.25, -0.2) is 0 Å². The standard InChI is InChI=1S/C17H21N5O3/c1-11(18-2)9-14-20-16(25-21-14)7-8-17(24)22-10-15(23)19-12-5-3-4-6-13(12)22/h3-6,11,18H,7-10H2,1-2H3,(H,19,23). The van der Waals surface area contributed by atoms with E-state index in [0.717, 1.165) is 0 Å². The van der Waals surface area contributed by atoms with E-state index in [-0.39, 0.29) is 30.8 Å². The summed E-state index contributed by atoms with van der Waals surface area (Å²) in [5.41, 5.74) is 1.36. The minimum Gasteiger partial charge on any atom is -0.339 e. The van der Waals surface area contributed by atoms with E-state index in [9.17, 15) is 9.59 Å². The molecule has 3 rings (SSSR count). The predicted octanol–water partition coefficient (Wildman–Crippen LogP) is 1.14. The van der Waals surface area contributed by atoms with Crippen LogP contribution in [0.25, 0.3) is 0 Å². The number of hydrogen-bond donors (Lipinski definition) is 2. The summed E-state index contributed by atoms with van der Waals surface area (Å²) in [6.07, 6.45) is 1.21. The van der Waals surface area contributed by atoms with E-state index in [1.54, 1.807) is 6.07 Å². The van der Waals surface area contributed by atoms with Gasteiger partial charge in [0.25, 0.3) is 0 Å². The van der Waals surface area contributed by atoms with Crippen molar-refractivity contribution < 1.29 is 14.1 Å². The highest BCUT2D eigenvalue weighted by Gasteiger charge is 2.26. The minimum atomic E-state index is -0.201. The number of rotatable bonds is 6.